The van der Waals surface area contributed by atoms with Gasteiger partial charge in [-0.1, -0.05) is 12.0 Å². The molecule has 1 aromatic heterocycles. The zero-order chi connectivity index (χ0) is 16.8. The van der Waals surface area contributed by atoms with Gasteiger partial charge in [-0.3, -0.25) is 4.79 Å². The number of imidazole rings is 1. The average molecular weight is 315 g/mol. The molecule has 2 N–H and O–H groups in total. The summed E-state index contributed by atoms with van der Waals surface area (Å²) in [5, 5.41) is 14.8. The van der Waals surface area contributed by atoms with Crippen molar-refractivity contribution in [2.24, 2.45) is 24.3 Å². The van der Waals surface area contributed by atoms with Crippen LogP contribution in [0.2, 0.25) is 0 Å². The Bertz CT molecular complexity index is 700. The van der Waals surface area contributed by atoms with Crippen LogP contribution in [0.1, 0.15) is 20.3 Å². The van der Waals surface area contributed by atoms with Crippen LogP contribution < -0.4 is 15.2 Å². The molecule has 2 rings (SSSR count). The Morgan fingerprint density at radius 3 is 2.74 bits per heavy atom. The van der Waals surface area contributed by atoms with Crippen LogP contribution in [0, 0.1) is 0 Å². The average Bonchev–Trinajstić information content (AvgIpc) is 2.82. The quantitative estimate of drug-likeness (QED) is 0.635. The third-order valence-electron chi connectivity index (χ3n) is 3.28. The summed E-state index contributed by atoms with van der Waals surface area (Å²) in [7, 11) is 3.83. The van der Waals surface area contributed by atoms with Gasteiger partial charge >= 0.3 is 5.95 Å². The molecule has 0 fully saturated rings. The Labute approximate surface area is 136 Å². The molecule has 0 bridgehead atoms. The minimum Gasteiger partial charge on any atom is -0.383 e. The largest absolute Gasteiger partial charge is 0.421 e. The zero-order valence-electron chi connectivity index (χ0n) is 14.0. The first-order valence-corrected chi connectivity index (χ1v) is 7.59. The van der Waals surface area contributed by atoms with Gasteiger partial charge in [0, 0.05) is 24.3 Å². The molecule has 0 radical (unpaired) electrons. The Morgan fingerprint density at radius 1 is 1.35 bits per heavy atom. The predicted molar refractivity (Wildman–Crippen MR) is 90.3 cm³/mol. The number of anilines is 2. The van der Waals surface area contributed by atoms with Crippen LogP contribution in [0.4, 0.5) is 23.0 Å². The summed E-state index contributed by atoms with van der Waals surface area (Å²) >= 11 is 0. The predicted octanol–water partition coefficient (Wildman–Crippen LogP) is 3.05. The number of benzene rings is 1. The van der Waals surface area contributed by atoms with Crippen LogP contribution >= 0.6 is 0 Å². The highest BCUT2D eigenvalue weighted by molar-refractivity contribution is 5.90. The molecule has 23 heavy (non-hydrogen) atoms. The number of rotatable bonds is 6. The minimum atomic E-state index is -0.115. The molecule has 0 unspecified atom stereocenters. The summed E-state index contributed by atoms with van der Waals surface area (Å²) in [6.45, 7) is 4.43. The van der Waals surface area contributed by atoms with Gasteiger partial charge in [0.15, 0.2) is 0 Å². The van der Waals surface area contributed by atoms with Crippen LogP contribution in [0.5, 0.6) is 0 Å². The van der Waals surface area contributed by atoms with Gasteiger partial charge in [0.05, 0.1) is 32.2 Å². The van der Waals surface area contributed by atoms with E-state index < -0.39 is 0 Å². The molecular weight excluding hydrogens is 292 g/mol. The molecule has 0 saturated heterocycles. The van der Waals surface area contributed by atoms with Gasteiger partial charge in [0.1, 0.15) is 5.69 Å². The summed E-state index contributed by atoms with van der Waals surface area (Å²) in [5.74, 6) is 0.618. The molecule has 7 heteroatoms. The van der Waals surface area contributed by atoms with Crippen molar-refractivity contribution in [3.8, 4) is 0 Å². The van der Waals surface area contributed by atoms with E-state index in [-0.39, 0.29) is 5.91 Å². The molecule has 1 heterocycles. The molecule has 0 atom stereocenters. The number of carbonyl (C=O) groups excluding carboxylic acids is 1. The molecule has 0 saturated carbocycles. The van der Waals surface area contributed by atoms with Gasteiger partial charge in [0.2, 0.25) is 5.91 Å². The van der Waals surface area contributed by atoms with Crippen molar-refractivity contribution in [3.05, 3.63) is 30.6 Å². The summed E-state index contributed by atoms with van der Waals surface area (Å²) in [4.78, 5) is 11.2. The number of hydrogen-bond donors (Lipinski definition) is 2. The van der Waals surface area contributed by atoms with Crippen molar-refractivity contribution in [2.75, 3.05) is 17.2 Å². The van der Waals surface area contributed by atoms with Gasteiger partial charge in [-0.25, -0.2) is 9.13 Å². The van der Waals surface area contributed by atoms with E-state index in [1.54, 1.807) is 0 Å². The number of nitrogens with one attached hydrogen (secondary N) is 2. The van der Waals surface area contributed by atoms with E-state index in [0.29, 0.717) is 11.4 Å². The first kappa shape index (κ1) is 16.7. The van der Waals surface area contributed by atoms with Crippen LogP contribution in [-0.4, -0.2) is 17.0 Å². The molecule has 122 valence electrons. The lowest BCUT2D eigenvalue weighted by Gasteiger charge is -2.09. The summed E-state index contributed by atoms with van der Waals surface area (Å²) in [6, 6.07) is 5.56. The molecule has 0 aliphatic carbocycles. The van der Waals surface area contributed by atoms with Crippen LogP contribution in [0.25, 0.3) is 0 Å². The molecule has 1 amide bonds. The lowest BCUT2D eigenvalue weighted by molar-refractivity contribution is -0.657. The second kappa shape index (κ2) is 7.53. The Hall–Kier alpha value is -2.70. The maximum Gasteiger partial charge on any atom is 0.421 e. The summed E-state index contributed by atoms with van der Waals surface area (Å²) in [6.07, 6.45) is 4.84. The standard InChI is InChI=1S/C16H22N6O/c1-5-8-17-14-7-6-13(18-12(2)23)11-15(14)19-20-16-21(3)9-10-22(16)4/h6-7,9-11H,5,8H2,1-4H3,(H,18,19,23)/p+1. The second-order valence-corrected chi connectivity index (χ2v) is 5.36. The van der Waals surface area contributed by atoms with E-state index in [1.807, 2.05) is 53.8 Å². The van der Waals surface area contributed by atoms with Crippen molar-refractivity contribution >= 4 is 28.9 Å². The lowest BCUT2D eigenvalue weighted by atomic mass is 10.2. The van der Waals surface area contributed by atoms with Crippen LogP contribution in [-0.2, 0) is 18.9 Å². The fourth-order valence-corrected chi connectivity index (χ4v) is 2.13. The van der Waals surface area contributed by atoms with Crippen molar-refractivity contribution in [3.63, 3.8) is 0 Å². The number of amides is 1. The monoisotopic (exact) mass is 315 g/mol. The topological polar surface area (TPSA) is 74.7 Å². The summed E-state index contributed by atoms with van der Waals surface area (Å²) in [5.41, 5.74) is 2.28. The Kier molecular flexibility index (Phi) is 5.46. The van der Waals surface area contributed by atoms with E-state index in [0.717, 1.165) is 24.6 Å². The third kappa shape index (κ3) is 4.38. The van der Waals surface area contributed by atoms with E-state index in [4.69, 9.17) is 0 Å². The highest BCUT2D eigenvalue weighted by atomic mass is 16.1. The fourth-order valence-electron chi connectivity index (χ4n) is 2.13. The second-order valence-electron chi connectivity index (χ2n) is 5.36. The van der Waals surface area contributed by atoms with Gasteiger partial charge in [-0.05, 0) is 24.6 Å². The summed E-state index contributed by atoms with van der Waals surface area (Å²) < 4.78 is 3.78. The smallest absolute Gasteiger partial charge is 0.383 e. The van der Waals surface area contributed by atoms with Gasteiger partial charge in [-0.2, -0.15) is 0 Å². The zero-order valence-corrected chi connectivity index (χ0v) is 14.0. The molecule has 0 spiro atoms. The van der Waals surface area contributed by atoms with Crippen molar-refractivity contribution in [1.29, 1.82) is 0 Å². The van der Waals surface area contributed by atoms with Crippen LogP contribution in [0.15, 0.2) is 40.8 Å². The SMILES string of the molecule is CCCNc1ccc(NC(C)=O)cc1N=Nc1n(C)cc[n+]1C. The van der Waals surface area contributed by atoms with E-state index >= 15 is 0 Å². The highest BCUT2D eigenvalue weighted by Gasteiger charge is 2.12. The van der Waals surface area contributed by atoms with E-state index in [2.05, 4.69) is 27.8 Å². The molecule has 7 nitrogen and oxygen atoms in total. The Morgan fingerprint density at radius 2 is 2.13 bits per heavy atom. The first-order chi connectivity index (χ1) is 11.0. The molecular formula is C16H23N6O+. The highest BCUT2D eigenvalue weighted by Crippen LogP contribution is 2.30. The van der Waals surface area contributed by atoms with E-state index in [1.165, 1.54) is 6.92 Å². The molecule has 2 aromatic rings. The number of aromatic nitrogens is 2. The third-order valence-corrected chi connectivity index (χ3v) is 3.28. The van der Waals surface area contributed by atoms with Gasteiger partial charge in [-0.15, -0.1) is 0 Å². The maximum absolute atomic E-state index is 11.2. The van der Waals surface area contributed by atoms with Crippen molar-refractivity contribution in [2.45, 2.75) is 20.3 Å². The molecule has 0 aliphatic rings. The van der Waals surface area contributed by atoms with E-state index in [9.17, 15) is 4.79 Å². The lowest BCUT2D eigenvalue weighted by Crippen LogP contribution is -2.25. The number of aryl methyl sites for hydroxylation is 2. The number of hydrogen-bond acceptors (Lipinski definition) is 4. The van der Waals surface area contributed by atoms with Gasteiger partial charge in [0.25, 0.3) is 0 Å². The minimum absolute atomic E-state index is 0.115. The number of nitrogens with zero attached hydrogens (tertiary/aromatic N) is 4. The molecule has 1 aromatic carbocycles. The fraction of sp³-hybridized carbons (Fsp3) is 0.375. The van der Waals surface area contributed by atoms with Crippen LogP contribution in [0.3, 0.4) is 0 Å². The first-order valence-electron chi connectivity index (χ1n) is 7.59. The van der Waals surface area contributed by atoms with Gasteiger partial charge < -0.3 is 10.6 Å². The normalized spacial score (nSPS) is 11.0. The van der Waals surface area contributed by atoms with Crippen molar-refractivity contribution < 1.29 is 9.36 Å². The Balaban J connectivity index is 2.34. The molecule has 0 aliphatic heterocycles. The maximum atomic E-state index is 11.2. The van der Waals surface area contributed by atoms with Crippen molar-refractivity contribution in [1.82, 2.24) is 4.57 Å². The number of azo groups is 1. The number of carbonyl (C=O) groups is 1.